The van der Waals surface area contributed by atoms with E-state index in [0.717, 1.165) is 19.3 Å². The Balaban J connectivity index is 1.55. The van der Waals surface area contributed by atoms with Crippen LogP contribution in [-0.2, 0) is 11.8 Å². The van der Waals surface area contributed by atoms with Gasteiger partial charge in [-0.15, -0.1) is 0 Å². The molecular weight excluding hydrogens is 408 g/mol. The Morgan fingerprint density at radius 2 is 1.66 bits per heavy atom. The second kappa shape index (κ2) is 8.11. The summed E-state index contributed by atoms with van der Waals surface area (Å²) in [4.78, 5) is 42.8. The quantitative estimate of drug-likeness (QED) is 0.621. The van der Waals surface area contributed by atoms with Crippen LogP contribution in [0.3, 0.4) is 0 Å². The molecule has 0 bridgehead atoms. The molecule has 164 valence electrons. The van der Waals surface area contributed by atoms with E-state index < -0.39 is 6.10 Å². The van der Waals surface area contributed by atoms with Crippen molar-refractivity contribution in [1.82, 2.24) is 14.7 Å². The van der Waals surface area contributed by atoms with Gasteiger partial charge in [0.1, 0.15) is 5.75 Å². The highest BCUT2D eigenvalue weighted by Gasteiger charge is 2.37. The largest absolute Gasteiger partial charge is 0.476 e. The van der Waals surface area contributed by atoms with Gasteiger partial charge in [-0.3, -0.25) is 19.3 Å². The van der Waals surface area contributed by atoms with Crippen molar-refractivity contribution in [2.45, 2.75) is 25.4 Å². The maximum atomic E-state index is 13.8. The lowest BCUT2D eigenvalue weighted by atomic mass is 10.1. The van der Waals surface area contributed by atoms with Gasteiger partial charge in [-0.1, -0.05) is 30.3 Å². The molecule has 2 aliphatic rings. The number of fused-ring (bicyclic) bond motifs is 2. The summed E-state index contributed by atoms with van der Waals surface area (Å²) < 4.78 is 7.21. The summed E-state index contributed by atoms with van der Waals surface area (Å²) in [5.74, 6) is 0.0101. The number of carbonyl (C=O) groups excluding carboxylic acids is 2. The minimum absolute atomic E-state index is 0.0873. The van der Waals surface area contributed by atoms with Crippen molar-refractivity contribution in [2.24, 2.45) is 7.05 Å². The van der Waals surface area contributed by atoms with Crippen molar-refractivity contribution in [3.63, 3.8) is 0 Å². The first-order chi connectivity index (χ1) is 15.5. The number of anilines is 1. The van der Waals surface area contributed by atoms with Gasteiger partial charge < -0.3 is 9.64 Å². The number of hydrogen-bond donors (Lipinski definition) is 0. The first kappa shape index (κ1) is 20.2. The molecule has 32 heavy (non-hydrogen) atoms. The van der Waals surface area contributed by atoms with Gasteiger partial charge in [-0.25, -0.2) is 4.68 Å². The molecule has 1 fully saturated rings. The number of hydrogen-bond acceptors (Lipinski definition) is 5. The van der Waals surface area contributed by atoms with Gasteiger partial charge in [-0.05, 0) is 37.5 Å². The molecule has 2 aliphatic heterocycles. The molecule has 0 radical (unpaired) electrons. The summed E-state index contributed by atoms with van der Waals surface area (Å²) in [6.45, 7) is 1.51. The standard InChI is InChI=1S/C24H24N4O4/c1-26-22(29)17-10-4-3-9-16(17)21(25-26)24(31)28-15-20(23(30)27-13-7-2-8-14-27)32-19-12-6-5-11-18(19)28/h3-6,9-12,20H,2,7-8,13-15H2,1H3/t20-/m1/s1. The van der Waals surface area contributed by atoms with Gasteiger partial charge in [0, 0.05) is 25.5 Å². The highest BCUT2D eigenvalue weighted by Crippen LogP contribution is 2.35. The van der Waals surface area contributed by atoms with E-state index in [-0.39, 0.29) is 29.6 Å². The molecule has 3 heterocycles. The van der Waals surface area contributed by atoms with E-state index in [0.29, 0.717) is 35.3 Å². The van der Waals surface area contributed by atoms with E-state index in [1.54, 1.807) is 41.3 Å². The summed E-state index contributed by atoms with van der Waals surface area (Å²) >= 11 is 0. The first-order valence-electron chi connectivity index (χ1n) is 10.9. The van der Waals surface area contributed by atoms with Crippen molar-refractivity contribution in [2.75, 3.05) is 24.5 Å². The molecule has 1 saturated heterocycles. The van der Waals surface area contributed by atoms with Crippen LogP contribution in [0.15, 0.2) is 53.3 Å². The Kier molecular flexibility index (Phi) is 5.13. The zero-order valence-corrected chi connectivity index (χ0v) is 17.9. The molecule has 0 unspecified atom stereocenters. The monoisotopic (exact) mass is 432 g/mol. The molecule has 5 rings (SSSR count). The number of amides is 2. The van der Waals surface area contributed by atoms with Crippen molar-refractivity contribution in [3.8, 4) is 5.75 Å². The van der Waals surface area contributed by atoms with E-state index in [2.05, 4.69) is 5.10 Å². The molecular formula is C24H24N4O4. The highest BCUT2D eigenvalue weighted by molar-refractivity contribution is 6.13. The van der Waals surface area contributed by atoms with Crippen molar-refractivity contribution in [3.05, 3.63) is 64.6 Å². The lowest BCUT2D eigenvalue weighted by Gasteiger charge is -2.37. The third kappa shape index (κ3) is 3.41. The van der Waals surface area contributed by atoms with Gasteiger partial charge >= 0.3 is 0 Å². The predicted octanol–water partition coefficient (Wildman–Crippen LogP) is 2.35. The predicted molar refractivity (Wildman–Crippen MR) is 120 cm³/mol. The zero-order valence-electron chi connectivity index (χ0n) is 17.9. The van der Waals surface area contributed by atoms with Gasteiger partial charge in [0.05, 0.1) is 17.6 Å². The minimum Gasteiger partial charge on any atom is -0.476 e. The first-order valence-corrected chi connectivity index (χ1v) is 10.9. The molecule has 0 N–H and O–H groups in total. The fraction of sp³-hybridized carbons (Fsp3) is 0.333. The number of aromatic nitrogens is 2. The SMILES string of the molecule is Cn1nc(C(=O)N2C[C@H](C(=O)N3CCCCC3)Oc3ccccc32)c2ccccc2c1=O. The van der Waals surface area contributed by atoms with Crippen LogP contribution in [0.5, 0.6) is 5.75 Å². The van der Waals surface area contributed by atoms with E-state index in [9.17, 15) is 14.4 Å². The molecule has 3 aromatic rings. The molecule has 8 heteroatoms. The molecule has 2 amide bonds. The molecule has 0 spiro atoms. The molecule has 0 aliphatic carbocycles. The van der Waals surface area contributed by atoms with Gasteiger partial charge in [-0.2, -0.15) is 5.10 Å². The topological polar surface area (TPSA) is 84.7 Å². The Morgan fingerprint density at radius 1 is 0.969 bits per heavy atom. The van der Waals surface area contributed by atoms with Crippen LogP contribution in [0.25, 0.3) is 10.8 Å². The smallest absolute Gasteiger partial charge is 0.279 e. The van der Waals surface area contributed by atoms with E-state index in [4.69, 9.17) is 4.74 Å². The van der Waals surface area contributed by atoms with Crippen LogP contribution < -0.4 is 15.2 Å². The Morgan fingerprint density at radius 3 is 2.44 bits per heavy atom. The fourth-order valence-corrected chi connectivity index (χ4v) is 4.46. The maximum Gasteiger partial charge on any atom is 0.279 e. The number of carbonyl (C=O) groups is 2. The summed E-state index contributed by atoms with van der Waals surface area (Å²) in [7, 11) is 1.53. The van der Waals surface area contributed by atoms with Crippen molar-refractivity contribution >= 4 is 28.3 Å². The number of rotatable bonds is 2. The summed E-state index contributed by atoms with van der Waals surface area (Å²) in [5.41, 5.74) is 0.487. The molecule has 1 atom stereocenters. The normalized spacial score (nSPS) is 18.2. The Bertz CT molecular complexity index is 1260. The lowest BCUT2D eigenvalue weighted by molar-refractivity contribution is -0.139. The van der Waals surface area contributed by atoms with Crippen molar-refractivity contribution in [1.29, 1.82) is 0 Å². The maximum absolute atomic E-state index is 13.8. The summed E-state index contributed by atoms with van der Waals surface area (Å²) in [5, 5.41) is 5.20. The number of benzene rings is 2. The molecule has 0 saturated carbocycles. The van der Waals surface area contributed by atoms with Crippen LogP contribution in [0, 0.1) is 0 Å². The number of ether oxygens (including phenoxy) is 1. The number of piperidine rings is 1. The third-order valence-corrected chi connectivity index (χ3v) is 6.12. The minimum atomic E-state index is -0.786. The molecule has 8 nitrogen and oxygen atoms in total. The van der Waals surface area contributed by atoms with Crippen LogP contribution >= 0.6 is 0 Å². The molecule has 1 aromatic heterocycles. The van der Waals surface area contributed by atoms with E-state index in [1.807, 2.05) is 17.0 Å². The lowest BCUT2D eigenvalue weighted by Crippen LogP contribution is -2.53. The Hall–Kier alpha value is -3.68. The van der Waals surface area contributed by atoms with Gasteiger partial charge in [0.2, 0.25) is 0 Å². The second-order valence-corrected chi connectivity index (χ2v) is 8.20. The third-order valence-electron chi connectivity index (χ3n) is 6.12. The van der Waals surface area contributed by atoms with Gasteiger partial charge in [0.15, 0.2) is 11.8 Å². The van der Waals surface area contributed by atoms with Crippen LogP contribution in [0.2, 0.25) is 0 Å². The number of aryl methyl sites for hydroxylation is 1. The fourth-order valence-electron chi connectivity index (χ4n) is 4.46. The van der Waals surface area contributed by atoms with Gasteiger partial charge in [0.25, 0.3) is 17.4 Å². The van der Waals surface area contributed by atoms with Crippen LogP contribution in [-0.4, -0.2) is 52.2 Å². The number of para-hydroxylation sites is 2. The molecule has 2 aromatic carbocycles. The number of nitrogens with zero attached hydrogens (tertiary/aromatic N) is 4. The zero-order chi connectivity index (χ0) is 22.2. The van der Waals surface area contributed by atoms with E-state index in [1.165, 1.54) is 11.7 Å². The van der Waals surface area contributed by atoms with Crippen LogP contribution in [0.1, 0.15) is 29.8 Å². The number of likely N-dealkylation sites (tertiary alicyclic amines) is 1. The van der Waals surface area contributed by atoms with Crippen LogP contribution in [0.4, 0.5) is 5.69 Å². The van der Waals surface area contributed by atoms with Crippen molar-refractivity contribution < 1.29 is 14.3 Å². The summed E-state index contributed by atoms with van der Waals surface area (Å²) in [6, 6.07) is 14.1. The summed E-state index contributed by atoms with van der Waals surface area (Å²) in [6.07, 6.45) is 2.29. The average molecular weight is 432 g/mol. The average Bonchev–Trinajstić information content (AvgIpc) is 2.85. The highest BCUT2D eigenvalue weighted by atomic mass is 16.5. The second-order valence-electron chi connectivity index (χ2n) is 8.20. The Labute approximate surface area is 185 Å². The van der Waals surface area contributed by atoms with E-state index >= 15 is 0 Å².